The van der Waals surface area contributed by atoms with Crippen molar-refractivity contribution in [1.82, 2.24) is 0 Å². The molecule has 0 aliphatic heterocycles. The Morgan fingerprint density at radius 3 is 2.61 bits per heavy atom. The molecule has 0 heterocycles. The minimum Gasteiger partial charge on any atom is -0.478 e. The van der Waals surface area contributed by atoms with Crippen LogP contribution in [0.15, 0.2) is 18.2 Å². The van der Waals surface area contributed by atoms with Gasteiger partial charge >= 0.3 is 5.97 Å². The van der Waals surface area contributed by atoms with Crippen LogP contribution in [0.1, 0.15) is 29.3 Å². The number of nitrogens with two attached hydrogens (primary N) is 1. The zero-order valence-electron chi connectivity index (χ0n) is 10.6. The molecule has 0 aromatic heterocycles. The summed E-state index contributed by atoms with van der Waals surface area (Å²) >= 11 is 0. The molecule has 0 fully saturated rings. The number of hydrogen-bond acceptors (Lipinski definition) is 3. The molecule has 5 heteroatoms. The van der Waals surface area contributed by atoms with E-state index in [2.05, 4.69) is 5.32 Å². The lowest BCUT2D eigenvalue weighted by Gasteiger charge is -2.11. The highest BCUT2D eigenvalue weighted by Gasteiger charge is 2.10. The van der Waals surface area contributed by atoms with Crippen LogP contribution in [0.5, 0.6) is 0 Å². The summed E-state index contributed by atoms with van der Waals surface area (Å²) in [4.78, 5) is 22.4. The molecule has 0 aliphatic carbocycles. The summed E-state index contributed by atoms with van der Waals surface area (Å²) in [5.74, 6) is -0.963. The average Bonchev–Trinajstić information content (AvgIpc) is 2.31. The number of amides is 1. The molecule has 1 rings (SSSR count). The van der Waals surface area contributed by atoms with Gasteiger partial charge < -0.3 is 16.2 Å². The molecule has 0 radical (unpaired) electrons. The molecule has 0 spiro atoms. The number of aryl methyl sites for hydroxylation is 1. The lowest BCUT2D eigenvalue weighted by Crippen LogP contribution is -2.20. The fourth-order valence-electron chi connectivity index (χ4n) is 1.54. The number of carboxylic acids is 1. The van der Waals surface area contributed by atoms with E-state index in [-0.39, 0.29) is 17.4 Å². The summed E-state index contributed by atoms with van der Waals surface area (Å²) < 4.78 is 0. The van der Waals surface area contributed by atoms with E-state index in [9.17, 15) is 9.59 Å². The predicted molar refractivity (Wildman–Crippen MR) is 69.6 cm³/mol. The summed E-state index contributed by atoms with van der Waals surface area (Å²) in [6.07, 6.45) is 0.358. The van der Waals surface area contributed by atoms with E-state index in [1.807, 2.05) is 6.92 Å². The first-order valence-electron chi connectivity index (χ1n) is 5.78. The number of hydrogen-bond donors (Lipinski definition) is 3. The molecule has 1 aromatic carbocycles. The monoisotopic (exact) mass is 250 g/mol. The van der Waals surface area contributed by atoms with E-state index in [1.165, 1.54) is 12.1 Å². The van der Waals surface area contributed by atoms with Gasteiger partial charge in [-0.3, -0.25) is 4.79 Å². The maximum absolute atomic E-state index is 11.7. The van der Waals surface area contributed by atoms with Crippen LogP contribution in [-0.4, -0.2) is 23.5 Å². The Hall–Kier alpha value is -1.88. The summed E-state index contributed by atoms with van der Waals surface area (Å²) in [7, 11) is 0. The zero-order chi connectivity index (χ0) is 13.7. The highest BCUT2D eigenvalue weighted by atomic mass is 16.4. The first-order chi connectivity index (χ1) is 8.43. The Balaban J connectivity index is 2.74. The molecule has 1 amide bonds. The number of carbonyl (C=O) groups is 2. The van der Waals surface area contributed by atoms with Crippen LogP contribution in [0.3, 0.4) is 0 Å². The number of nitrogens with one attached hydrogen (secondary N) is 1. The molecular weight excluding hydrogens is 232 g/mol. The van der Waals surface area contributed by atoms with Crippen LogP contribution in [0.4, 0.5) is 5.69 Å². The van der Waals surface area contributed by atoms with Gasteiger partial charge in [-0.1, -0.05) is 6.92 Å². The van der Waals surface area contributed by atoms with Crippen molar-refractivity contribution >= 4 is 17.6 Å². The second-order valence-corrected chi connectivity index (χ2v) is 4.43. The summed E-state index contributed by atoms with van der Waals surface area (Å²) in [6, 6.07) is 4.60. The maximum Gasteiger partial charge on any atom is 0.335 e. The molecule has 5 nitrogen and oxygen atoms in total. The van der Waals surface area contributed by atoms with Crippen LogP contribution in [0, 0.1) is 12.8 Å². The molecular formula is C13H18N2O3. The van der Waals surface area contributed by atoms with Gasteiger partial charge in [0, 0.05) is 12.1 Å². The zero-order valence-corrected chi connectivity index (χ0v) is 10.6. The van der Waals surface area contributed by atoms with E-state index in [4.69, 9.17) is 10.8 Å². The van der Waals surface area contributed by atoms with Crippen molar-refractivity contribution in [1.29, 1.82) is 0 Å². The number of benzene rings is 1. The standard InChI is InChI=1S/C13H18N2O3/c1-8(7-14)5-12(16)15-11-4-3-10(13(17)18)6-9(11)2/h3-4,6,8H,5,7,14H2,1-2H3,(H,15,16)(H,17,18). The molecule has 1 atom stereocenters. The van der Waals surface area contributed by atoms with Crippen LogP contribution in [0.2, 0.25) is 0 Å². The fraction of sp³-hybridized carbons (Fsp3) is 0.385. The number of aromatic carboxylic acids is 1. The van der Waals surface area contributed by atoms with E-state index in [0.29, 0.717) is 18.7 Å². The maximum atomic E-state index is 11.7. The third-order valence-electron chi connectivity index (χ3n) is 2.68. The number of carbonyl (C=O) groups excluding carboxylic acids is 1. The molecule has 0 aliphatic rings. The van der Waals surface area contributed by atoms with Gasteiger partial charge in [0.15, 0.2) is 0 Å². The van der Waals surface area contributed by atoms with Crippen molar-refractivity contribution in [3.8, 4) is 0 Å². The Labute approximate surface area is 106 Å². The smallest absolute Gasteiger partial charge is 0.335 e. The molecule has 0 bridgehead atoms. The number of anilines is 1. The Kier molecular flexibility index (Phi) is 4.85. The summed E-state index contributed by atoms with van der Waals surface area (Å²) in [5, 5.41) is 11.6. The minimum atomic E-state index is -0.979. The second kappa shape index (κ2) is 6.16. The third kappa shape index (κ3) is 3.85. The molecule has 0 saturated carbocycles. The van der Waals surface area contributed by atoms with E-state index < -0.39 is 5.97 Å². The molecule has 4 N–H and O–H groups in total. The molecule has 1 aromatic rings. The second-order valence-electron chi connectivity index (χ2n) is 4.43. The third-order valence-corrected chi connectivity index (χ3v) is 2.68. The van der Waals surface area contributed by atoms with E-state index >= 15 is 0 Å². The van der Waals surface area contributed by atoms with Crippen molar-refractivity contribution in [3.63, 3.8) is 0 Å². The highest BCUT2D eigenvalue weighted by Crippen LogP contribution is 2.17. The first kappa shape index (κ1) is 14.2. The fourth-order valence-corrected chi connectivity index (χ4v) is 1.54. The Morgan fingerprint density at radius 2 is 2.11 bits per heavy atom. The van der Waals surface area contributed by atoms with Crippen molar-refractivity contribution in [2.24, 2.45) is 11.7 Å². The van der Waals surface area contributed by atoms with Gasteiger partial charge in [0.25, 0.3) is 0 Å². The lowest BCUT2D eigenvalue weighted by atomic mass is 10.1. The minimum absolute atomic E-state index is 0.112. The molecule has 0 saturated heterocycles. The van der Waals surface area contributed by atoms with Gasteiger partial charge in [-0.2, -0.15) is 0 Å². The summed E-state index contributed by atoms with van der Waals surface area (Å²) in [5.41, 5.74) is 7.02. The van der Waals surface area contributed by atoms with E-state index in [1.54, 1.807) is 13.0 Å². The quantitative estimate of drug-likeness (QED) is 0.740. The van der Waals surface area contributed by atoms with Crippen LogP contribution in [0.25, 0.3) is 0 Å². The van der Waals surface area contributed by atoms with Gasteiger partial charge in [0.2, 0.25) is 5.91 Å². The van der Waals surface area contributed by atoms with E-state index in [0.717, 1.165) is 5.56 Å². The Bertz CT molecular complexity index is 458. The van der Waals surface area contributed by atoms with Gasteiger partial charge in [-0.05, 0) is 43.1 Å². The largest absolute Gasteiger partial charge is 0.478 e. The predicted octanol–water partition coefficient (Wildman–Crippen LogP) is 1.62. The Morgan fingerprint density at radius 1 is 1.44 bits per heavy atom. The first-order valence-corrected chi connectivity index (χ1v) is 5.78. The summed E-state index contributed by atoms with van der Waals surface area (Å²) in [6.45, 7) is 4.12. The van der Waals surface area contributed by atoms with Crippen molar-refractivity contribution in [3.05, 3.63) is 29.3 Å². The number of rotatable bonds is 5. The molecule has 98 valence electrons. The lowest BCUT2D eigenvalue weighted by molar-refractivity contribution is -0.116. The molecule has 18 heavy (non-hydrogen) atoms. The average molecular weight is 250 g/mol. The van der Waals surface area contributed by atoms with Crippen molar-refractivity contribution in [2.75, 3.05) is 11.9 Å². The SMILES string of the molecule is Cc1cc(C(=O)O)ccc1NC(=O)CC(C)CN. The number of carboxylic acid groups (broad SMARTS) is 1. The van der Waals surface area contributed by atoms with Gasteiger partial charge in [-0.15, -0.1) is 0 Å². The van der Waals surface area contributed by atoms with Gasteiger partial charge in [0.05, 0.1) is 5.56 Å². The van der Waals surface area contributed by atoms with Crippen LogP contribution >= 0.6 is 0 Å². The van der Waals surface area contributed by atoms with Gasteiger partial charge in [0.1, 0.15) is 0 Å². The topological polar surface area (TPSA) is 92.4 Å². The van der Waals surface area contributed by atoms with Crippen molar-refractivity contribution in [2.45, 2.75) is 20.3 Å². The molecule has 1 unspecified atom stereocenters. The highest BCUT2D eigenvalue weighted by molar-refractivity contribution is 5.93. The normalized spacial score (nSPS) is 11.9. The van der Waals surface area contributed by atoms with Crippen LogP contribution in [-0.2, 0) is 4.79 Å². The van der Waals surface area contributed by atoms with Crippen molar-refractivity contribution < 1.29 is 14.7 Å². The van der Waals surface area contributed by atoms with Gasteiger partial charge in [-0.25, -0.2) is 4.79 Å². The van der Waals surface area contributed by atoms with Crippen LogP contribution < -0.4 is 11.1 Å².